The Kier molecular flexibility index (Phi) is 3.92. The van der Waals surface area contributed by atoms with Crippen LogP contribution in [0.1, 0.15) is 29.9 Å². The first-order chi connectivity index (χ1) is 10.5. The molecule has 1 fully saturated rings. The van der Waals surface area contributed by atoms with E-state index in [1.807, 2.05) is 12.1 Å². The number of benzene rings is 1. The van der Waals surface area contributed by atoms with E-state index in [4.69, 9.17) is 0 Å². The lowest BCUT2D eigenvalue weighted by Gasteiger charge is -2.13. The van der Waals surface area contributed by atoms with E-state index in [0.717, 1.165) is 24.0 Å². The van der Waals surface area contributed by atoms with Gasteiger partial charge < -0.3 is 10.1 Å². The lowest BCUT2D eigenvalue weighted by molar-refractivity contribution is -0.274. The fourth-order valence-electron chi connectivity index (χ4n) is 2.29. The van der Waals surface area contributed by atoms with Crippen LogP contribution in [0.3, 0.4) is 0 Å². The van der Waals surface area contributed by atoms with Gasteiger partial charge in [0.25, 0.3) is 0 Å². The first-order valence-electron chi connectivity index (χ1n) is 7.04. The van der Waals surface area contributed by atoms with Crippen molar-refractivity contribution in [2.24, 2.45) is 0 Å². The van der Waals surface area contributed by atoms with Crippen LogP contribution in [0.25, 0.3) is 0 Å². The highest BCUT2D eigenvalue weighted by molar-refractivity contribution is 5.41. The topological polar surface area (TPSA) is 34.1 Å². The summed E-state index contributed by atoms with van der Waals surface area (Å²) in [5.74, 6) is 0.873. The summed E-state index contributed by atoms with van der Waals surface area (Å²) < 4.78 is 41.3. The monoisotopic (exact) mass is 308 g/mol. The van der Waals surface area contributed by atoms with E-state index in [1.54, 1.807) is 18.3 Å². The van der Waals surface area contributed by atoms with Gasteiger partial charge in [0.2, 0.25) is 0 Å². The van der Waals surface area contributed by atoms with Crippen LogP contribution in [0, 0.1) is 0 Å². The van der Waals surface area contributed by atoms with Gasteiger partial charge in [-0.25, -0.2) is 4.98 Å². The molecule has 6 heteroatoms. The molecule has 1 aliphatic carbocycles. The van der Waals surface area contributed by atoms with Crippen molar-refractivity contribution in [1.82, 2.24) is 4.98 Å². The number of nitrogens with one attached hydrogen (secondary N) is 1. The smallest absolute Gasteiger partial charge is 0.406 e. The number of alkyl halides is 3. The number of anilines is 1. The van der Waals surface area contributed by atoms with E-state index < -0.39 is 6.36 Å². The van der Waals surface area contributed by atoms with Crippen molar-refractivity contribution in [1.29, 1.82) is 0 Å². The average molecular weight is 308 g/mol. The molecule has 0 atom stereocenters. The largest absolute Gasteiger partial charge is 0.573 e. The molecule has 0 unspecified atom stereocenters. The van der Waals surface area contributed by atoms with Gasteiger partial charge in [-0.2, -0.15) is 0 Å². The van der Waals surface area contributed by atoms with Crippen molar-refractivity contribution < 1.29 is 17.9 Å². The molecule has 0 radical (unpaired) electrons. The molecule has 3 rings (SSSR count). The van der Waals surface area contributed by atoms with Gasteiger partial charge in [0.15, 0.2) is 0 Å². The van der Waals surface area contributed by atoms with Crippen molar-refractivity contribution in [3.05, 3.63) is 53.7 Å². The minimum atomic E-state index is -4.67. The van der Waals surface area contributed by atoms with Crippen LogP contribution >= 0.6 is 0 Å². The maximum Gasteiger partial charge on any atom is 0.573 e. The van der Waals surface area contributed by atoms with E-state index in [9.17, 15) is 13.2 Å². The van der Waals surface area contributed by atoms with Crippen LogP contribution in [-0.4, -0.2) is 11.3 Å². The Morgan fingerprint density at radius 3 is 2.64 bits per heavy atom. The Morgan fingerprint density at radius 2 is 2.00 bits per heavy atom. The van der Waals surface area contributed by atoms with Gasteiger partial charge in [0.05, 0.1) is 0 Å². The zero-order valence-electron chi connectivity index (χ0n) is 11.7. The van der Waals surface area contributed by atoms with E-state index in [-0.39, 0.29) is 5.75 Å². The molecular weight excluding hydrogens is 293 g/mol. The van der Waals surface area contributed by atoms with Gasteiger partial charge in [0, 0.05) is 12.7 Å². The number of halogens is 3. The minimum Gasteiger partial charge on any atom is -0.406 e. The second-order valence-electron chi connectivity index (χ2n) is 5.30. The number of pyridine rings is 1. The fraction of sp³-hybridized carbons (Fsp3) is 0.312. The summed E-state index contributed by atoms with van der Waals surface area (Å²) in [7, 11) is 0. The highest BCUT2D eigenvalue weighted by Crippen LogP contribution is 2.42. The second-order valence-corrected chi connectivity index (χ2v) is 5.30. The summed E-state index contributed by atoms with van der Waals surface area (Å²) >= 11 is 0. The SMILES string of the molecule is FC(F)(F)Oc1cc(CNc2ccccn2)cc(C2CC2)c1. The Morgan fingerprint density at radius 1 is 1.18 bits per heavy atom. The molecule has 0 spiro atoms. The summed E-state index contributed by atoms with van der Waals surface area (Å²) in [5.41, 5.74) is 1.65. The summed E-state index contributed by atoms with van der Waals surface area (Å²) in [6.45, 7) is 0.395. The third kappa shape index (κ3) is 4.13. The predicted molar refractivity (Wildman–Crippen MR) is 76.7 cm³/mol. The molecular formula is C16H15F3N2O. The molecule has 1 heterocycles. The molecule has 1 saturated carbocycles. The Bertz CT molecular complexity index is 640. The molecule has 0 bridgehead atoms. The minimum absolute atomic E-state index is 0.158. The molecule has 1 aromatic heterocycles. The maximum atomic E-state index is 12.4. The van der Waals surface area contributed by atoms with Crippen molar-refractivity contribution in [3.63, 3.8) is 0 Å². The summed E-state index contributed by atoms with van der Waals surface area (Å²) in [5, 5.41) is 3.09. The number of ether oxygens (including phenoxy) is 1. The standard InChI is InChI=1S/C16H15F3N2O/c17-16(18,19)22-14-8-11(7-13(9-14)12-4-5-12)10-21-15-3-1-2-6-20-15/h1-3,6-9,12H,4-5,10H2,(H,20,21). The van der Waals surface area contributed by atoms with E-state index in [2.05, 4.69) is 15.0 Å². The molecule has 2 aromatic rings. The van der Waals surface area contributed by atoms with Crippen LogP contribution in [0.5, 0.6) is 5.75 Å². The molecule has 0 saturated heterocycles. The van der Waals surface area contributed by atoms with Crippen molar-refractivity contribution in [3.8, 4) is 5.75 Å². The van der Waals surface area contributed by atoms with Gasteiger partial charge in [-0.05, 0) is 54.2 Å². The first-order valence-corrected chi connectivity index (χ1v) is 7.04. The zero-order chi connectivity index (χ0) is 15.6. The molecule has 1 aromatic carbocycles. The normalized spacial score (nSPS) is 14.7. The average Bonchev–Trinajstić information content (AvgIpc) is 3.29. The number of aromatic nitrogens is 1. The van der Waals surface area contributed by atoms with Gasteiger partial charge in [0.1, 0.15) is 11.6 Å². The van der Waals surface area contributed by atoms with Crippen molar-refractivity contribution >= 4 is 5.82 Å². The van der Waals surface area contributed by atoms with Crippen LogP contribution in [0.4, 0.5) is 19.0 Å². The van der Waals surface area contributed by atoms with Gasteiger partial charge in [-0.3, -0.25) is 0 Å². The third-order valence-corrected chi connectivity index (χ3v) is 3.41. The Hall–Kier alpha value is -2.24. The Labute approximate surface area is 126 Å². The molecule has 1 N–H and O–H groups in total. The highest BCUT2D eigenvalue weighted by Gasteiger charge is 2.32. The fourth-order valence-corrected chi connectivity index (χ4v) is 2.29. The summed E-state index contributed by atoms with van der Waals surface area (Å²) in [6.07, 6.45) is -0.986. The maximum absolute atomic E-state index is 12.4. The van der Waals surface area contributed by atoms with Crippen LogP contribution in [0.15, 0.2) is 42.6 Å². The Balaban J connectivity index is 1.77. The number of nitrogens with zero attached hydrogens (tertiary/aromatic N) is 1. The first kappa shape index (κ1) is 14.7. The van der Waals surface area contributed by atoms with E-state index >= 15 is 0 Å². The van der Waals surface area contributed by atoms with E-state index in [1.165, 1.54) is 12.1 Å². The molecule has 0 amide bonds. The van der Waals surface area contributed by atoms with Gasteiger partial charge in [-0.15, -0.1) is 13.2 Å². The number of hydrogen-bond acceptors (Lipinski definition) is 3. The molecule has 116 valence electrons. The second kappa shape index (κ2) is 5.87. The third-order valence-electron chi connectivity index (χ3n) is 3.41. The summed E-state index contributed by atoms with van der Waals surface area (Å²) in [6, 6.07) is 10.3. The molecule has 1 aliphatic rings. The van der Waals surface area contributed by atoms with Crippen molar-refractivity contribution in [2.75, 3.05) is 5.32 Å². The lowest BCUT2D eigenvalue weighted by Crippen LogP contribution is -2.17. The molecule has 22 heavy (non-hydrogen) atoms. The molecule has 3 nitrogen and oxygen atoms in total. The van der Waals surface area contributed by atoms with Crippen LogP contribution in [0.2, 0.25) is 0 Å². The lowest BCUT2D eigenvalue weighted by atomic mass is 10.1. The van der Waals surface area contributed by atoms with Crippen molar-refractivity contribution in [2.45, 2.75) is 31.7 Å². The summed E-state index contributed by atoms with van der Waals surface area (Å²) in [4.78, 5) is 4.12. The number of rotatable bonds is 5. The van der Waals surface area contributed by atoms with Crippen LogP contribution < -0.4 is 10.1 Å². The van der Waals surface area contributed by atoms with Crippen LogP contribution in [-0.2, 0) is 6.54 Å². The van der Waals surface area contributed by atoms with Gasteiger partial charge >= 0.3 is 6.36 Å². The van der Waals surface area contributed by atoms with E-state index in [0.29, 0.717) is 18.3 Å². The zero-order valence-corrected chi connectivity index (χ0v) is 11.7. The quantitative estimate of drug-likeness (QED) is 0.885. The number of hydrogen-bond donors (Lipinski definition) is 1. The highest BCUT2D eigenvalue weighted by atomic mass is 19.4. The molecule has 0 aliphatic heterocycles. The van der Waals surface area contributed by atoms with Gasteiger partial charge in [-0.1, -0.05) is 12.1 Å². The predicted octanol–water partition coefficient (Wildman–Crippen LogP) is 4.47.